The molecule has 0 saturated heterocycles. The Bertz CT molecular complexity index is 1370. The number of hydrogen-bond donors (Lipinski definition) is 0. The lowest BCUT2D eigenvalue weighted by Gasteiger charge is -2.08. The summed E-state index contributed by atoms with van der Waals surface area (Å²) in [5.74, 6) is 0.117. The summed E-state index contributed by atoms with van der Waals surface area (Å²) in [6.07, 6.45) is 1.97. The van der Waals surface area contributed by atoms with Crippen LogP contribution in [0.5, 0.6) is 0 Å². The molecule has 3 heteroatoms. The monoisotopic (exact) mass is 474 g/mol. The largest absolute Gasteiger partial charge is 0.287 e. The van der Waals surface area contributed by atoms with Crippen LogP contribution < -0.4 is 4.57 Å². The van der Waals surface area contributed by atoms with Gasteiger partial charge >= 0.3 is 0 Å². The number of fused-ring (bicyclic) bond motifs is 4. The summed E-state index contributed by atoms with van der Waals surface area (Å²) in [5.41, 5.74) is 1.82. The number of ketones is 1. The van der Waals surface area contributed by atoms with Crippen molar-refractivity contribution in [3.63, 3.8) is 0 Å². The van der Waals surface area contributed by atoms with E-state index in [1.165, 1.54) is 14.3 Å². The number of halogens is 1. The Morgan fingerprint density at radius 3 is 2.39 bits per heavy atom. The van der Waals surface area contributed by atoms with E-state index in [-0.39, 0.29) is 5.78 Å². The van der Waals surface area contributed by atoms with Crippen LogP contribution >= 0.6 is 22.6 Å². The van der Waals surface area contributed by atoms with E-state index in [2.05, 4.69) is 77.2 Å². The van der Waals surface area contributed by atoms with Crippen molar-refractivity contribution in [2.45, 2.75) is 6.54 Å². The second kappa shape index (κ2) is 6.99. The molecule has 2 nitrogen and oxygen atoms in total. The Kier molecular flexibility index (Phi) is 4.32. The first-order valence-corrected chi connectivity index (χ1v) is 10.3. The average Bonchev–Trinajstić information content (AvgIpc) is 2.74. The zero-order valence-corrected chi connectivity index (χ0v) is 17.3. The molecular weight excluding hydrogens is 457 g/mol. The summed E-state index contributed by atoms with van der Waals surface area (Å²) in [7, 11) is 0. The third kappa shape index (κ3) is 2.96. The molecule has 0 fully saturated rings. The van der Waals surface area contributed by atoms with Crippen molar-refractivity contribution in [2.24, 2.45) is 0 Å². The van der Waals surface area contributed by atoms with Crippen LogP contribution in [0.1, 0.15) is 10.4 Å². The number of para-hydroxylation sites is 1. The van der Waals surface area contributed by atoms with Crippen molar-refractivity contribution in [3.8, 4) is 0 Å². The van der Waals surface area contributed by atoms with Crippen LogP contribution in [0, 0.1) is 3.57 Å². The van der Waals surface area contributed by atoms with E-state index in [0.717, 1.165) is 27.2 Å². The van der Waals surface area contributed by atoms with Crippen LogP contribution in [-0.2, 0) is 6.54 Å². The van der Waals surface area contributed by atoms with Crippen LogP contribution in [0.25, 0.3) is 32.4 Å². The Morgan fingerprint density at radius 1 is 0.750 bits per heavy atom. The third-order valence-electron chi connectivity index (χ3n) is 5.23. The normalized spacial score (nSPS) is 11.3. The lowest BCUT2D eigenvalue weighted by atomic mass is 9.98. The number of benzene rings is 4. The van der Waals surface area contributed by atoms with E-state index in [1.54, 1.807) is 0 Å². The first-order valence-electron chi connectivity index (χ1n) is 9.22. The van der Waals surface area contributed by atoms with Gasteiger partial charge in [-0.25, -0.2) is 0 Å². The number of Topliss-reactive ketones (excluding diaryl/α,β-unsaturated/α-hetero) is 1. The molecular formula is C25H17INO+. The second-order valence-corrected chi connectivity index (χ2v) is 8.12. The molecule has 0 radical (unpaired) electrons. The quantitative estimate of drug-likeness (QED) is 0.138. The minimum Gasteiger partial charge on any atom is -0.287 e. The van der Waals surface area contributed by atoms with E-state index in [0.29, 0.717) is 6.54 Å². The van der Waals surface area contributed by atoms with Gasteiger partial charge in [0.2, 0.25) is 17.8 Å². The van der Waals surface area contributed by atoms with Gasteiger partial charge in [0.05, 0.1) is 0 Å². The summed E-state index contributed by atoms with van der Waals surface area (Å²) in [6, 6.07) is 28.8. The first-order chi connectivity index (χ1) is 13.7. The molecule has 0 aliphatic carbocycles. The fourth-order valence-corrected chi connectivity index (χ4v) is 4.64. The Labute approximate surface area is 176 Å². The van der Waals surface area contributed by atoms with Gasteiger partial charge in [-0.3, -0.25) is 4.79 Å². The van der Waals surface area contributed by atoms with Crippen LogP contribution in [0.15, 0.2) is 91.1 Å². The summed E-state index contributed by atoms with van der Waals surface area (Å²) >= 11 is 2.38. The summed E-state index contributed by atoms with van der Waals surface area (Å²) < 4.78 is 3.25. The van der Waals surface area contributed by atoms with Gasteiger partial charge in [0.15, 0.2) is 6.20 Å². The molecule has 0 N–H and O–H groups in total. The van der Waals surface area contributed by atoms with Crippen molar-refractivity contribution < 1.29 is 9.36 Å². The molecule has 1 aromatic heterocycles. The lowest BCUT2D eigenvalue weighted by Crippen LogP contribution is -2.38. The van der Waals surface area contributed by atoms with Crippen molar-refractivity contribution in [2.75, 3.05) is 0 Å². The maximum atomic E-state index is 13.1. The predicted molar refractivity (Wildman–Crippen MR) is 123 cm³/mol. The van der Waals surface area contributed by atoms with Gasteiger partial charge in [0.1, 0.15) is 0 Å². The zero-order valence-electron chi connectivity index (χ0n) is 15.1. The van der Waals surface area contributed by atoms with E-state index < -0.39 is 0 Å². The van der Waals surface area contributed by atoms with E-state index in [4.69, 9.17) is 0 Å². The highest BCUT2D eigenvalue weighted by Crippen LogP contribution is 2.30. The van der Waals surface area contributed by atoms with Crippen molar-refractivity contribution in [1.29, 1.82) is 0 Å². The predicted octanol–water partition coefficient (Wildman–Crippen LogP) is 5.92. The maximum absolute atomic E-state index is 13.1. The average molecular weight is 474 g/mol. The van der Waals surface area contributed by atoms with Crippen LogP contribution in [0.2, 0.25) is 0 Å². The van der Waals surface area contributed by atoms with Crippen LogP contribution in [0.4, 0.5) is 0 Å². The molecule has 28 heavy (non-hydrogen) atoms. The first kappa shape index (κ1) is 17.3. The highest BCUT2D eigenvalue weighted by Gasteiger charge is 2.16. The molecule has 0 unspecified atom stereocenters. The molecule has 0 saturated carbocycles. The van der Waals surface area contributed by atoms with E-state index in [1.807, 2.05) is 41.1 Å². The second-order valence-electron chi connectivity index (χ2n) is 6.96. The number of rotatable bonds is 3. The Balaban J connectivity index is 1.60. The topological polar surface area (TPSA) is 20.9 Å². The summed E-state index contributed by atoms with van der Waals surface area (Å²) in [5, 5.41) is 5.85. The smallest absolute Gasteiger partial charge is 0.227 e. The summed E-state index contributed by atoms with van der Waals surface area (Å²) in [4.78, 5) is 13.1. The van der Waals surface area contributed by atoms with Gasteiger partial charge in [0, 0.05) is 26.7 Å². The molecule has 5 aromatic rings. The molecule has 0 spiro atoms. The molecule has 0 aliphatic heterocycles. The van der Waals surface area contributed by atoms with Crippen molar-refractivity contribution in [3.05, 3.63) is 100 Å². The van der Waals surface area contributed by atoms with Gasteiger partial charge in [-0.1, -0.05) is 48.5 Å². The lowest BCUT2D eigenvalue weighted by molar-refractivity contribution is -0.657. The third-order valence-corrected chi connectivity index (χ3v) is 6.13. The molecule has 4 aromatic carbocycles. The van der Waals surface area contributed by atoms with Crippen LogP contribution in [0.3, 0.4) is 0 Å². The van der Waals surface area contributed by atoms with Crippen molar-refractivity contribution in [1.82, 2.24) is 0 Å². The number of carbonyl (C=O) groups is 1. The molecule has 5 rings (SSSR count). The number of pyridine rings is 1. The molecule has 134 valence electrons. The van der Waals surface area contributed by atoms with E-state index in [9.17, 15) is 4.79 Å². The number of hydrogen-bond acceptors (Lipinski definition) is 1. The fraction of sp³-hybridized carbons (Fsp3) is 0.0400. The van der Waals surface area contributed by atoms with Crippen molar-refractivity contribution >= 4 is 60.8 Å². The zero-order chi connectivity index (χ0) is 19.1. The van der Waals surface area contributed by atoms with Gasteiger partial charge < -0.3 is 0 Å². The molecule has 0 atom stereocenters. The minimum absolute atomic E-state index is 0.117. The Morgan fingerprint density at radius 2 is 1.50 bits per heavy atom. The molecule has 1 heterocycles. The molecule has 0 amide bonds. The standard InChI is InChI=1S/C25H17INO/c26-23-15-18-11-12-19(14-22(18)20-8-2-3-9-21(20)23)25(28)16-27-13-5-7-17-6-1-4-10-24(17)27/h1-15H,16H2/q+1. The summed E-state index contributed by atoms with van der Waals surface area (Å²) in [6.45, 7) is 0.329. The number of nitrogens with zero attached hydrogens (tertiary/aromatic N) is 1. The maximum Gasteiger partial charge on any atom is 0.227 e. The Hall–Kier alpha value is -2.79. The van der Waals surface area contributed by atoms with Gasteiger partial charge in [-0.05, 0) is 68.4 Å². The molecule has 0 bridgehead atoms. The van der Waals surface area contributed by atoms with Gasteiger partial charge in [0.25, 0.3) is 0 Å². The SMILES string of the molecule is O=C(C[n+]1cccc2ccccc21)c1ccc2cc(I)c3ccccc3c2c1. The highest BCUT2D eigenvalue weighted by molar-refractivity contribution is 14.1. The minimum atomic E-state index is 0.117. The number of carbonyl (C=O) groups excluding carboxylic acids is 1. The molecule has 0 aliphatic rings. The van der Waals surface area contributed by atoms with Crippen LogP contribution in [-0.4, -0.2) is 5.78 Å². The fourth-order valence-electron chi connectivity index (χ4n) is 3.83. The van der Waals surface area contributed by atoms with Gasteiger partial charge in [-0.15, -0.1) is 0 Å². The number of aromatic nitrogens is 1. The van der Waals surface area contributed by atoms with Gasteiger partial charge in [-0.2, -0.15) is 4.57 Å². The highest BCUT2D eigenvalue weighted by atomic mass is 127. The van der Waals surface area contributed by atoms with E-state index >= 15 is 0 Å².